The maximum Gasteiger partial charge on any atom is 0.0224 e. The van der Waals surface area contributed by atoms with E-state index in [1.54, 1.807) is 0 Å². The molecule has 90 valence electrons. The summed E-state index contributed by atoms with van der Waals surface area (Å²) in [4.78, 5) is 5.52. The topological polar surface area (TPSA) is 6.48 Å². The lowest BCUT2D eigenvalue weighted by Gasteiger charge is -2.46. The predicted molar refractivity (Wildman–Crippen MR) is 67.5 cm³/mol. The fraction of sp³-hybridized carbons (Fsp3) is 0.857. The Hall–Kier alpha value is -0.340. The lowest BCUT2D eigenvalue weighted by molar-refractivity contribution is 0.0250. The fourth-order valence-corrected chi connectivity index (χ4v) is 3.80. The molecule has 2 saturated heterocycles. The Balaban J connectivity index is 1.67. The summed E-state index contributed by atoms with van der Waals surface area (Å²) in [5.74, 6) is 0. The SMILES string of the molecule is CC1CN2CCCC2CN1C1CC=CCC1. The Bertz CT molecular complexity index is 274. The fourth-order valence-electron chi connectivity index (χ4n) is 3.80. The third-order valence-electron chi connectivity index (χ3n) is 4.70. The average Bonchev–Trinajstić information content (AvgIpc) is 2.76. The molecule has 0 radical (unpaired) electrons. The number of allylic oxidation sites excluding steroid dienone is 1. The van der Waals surface area contributed by atoms with Crippen LogP contribution in [-0.4, -0.2) is 47.6 Å². The second-order valence-electron chi connectivity index (χ2n) is 5.78. The smallest absolute Gasteiger partial charge is 0.0224 e. The minimum absolute atomic E-state index is 0.769. The van der Waals surface area contributed by atoms with E-state index in [1.165, 1.54) is 51.7 Å². The van der Waals surface area contributed by atoms with Crippen molar-refractivity contribution in [2.24, 2.45) is 0 Å². The first-order valence-electron chi connectivity index (χ1n) is 6.99. The van der Waals surface area contributed by atoms with Crippen molar-refractivity contribution in [2.45, 2.75) is 57.2 Å². The standard InChI is InChI=1S/C14H24N2/c1-12-10-15-9-5-8-14(15)11-16(12)13-6-3-2-4-7-13/h2-3,12-14H,4-11H2,1H3. The largest absolute Gasteiger partial charge is 0.298 e. The first-order chi connectivity index (χ1) is 7.84. The molecule has 0 aromatic heterocycles. The lowest BCUT2D eigenvalue weighted by Crippen LogP contribution is -2.58. The maximum absolute atomic E-state index is 2.80. The van der Waals surface area contributed by atoms with Crippen LogP contribution in [0.5, 0.6) is 0 Å². The van der Waals surface area contributed by atoms with E-state index in [-0.39, 0.29) is 0 Å². The number of hydrogen-bond acceptors (Lipinski definition) is 2. The Morgan fingerprint density at radius 3 is 2.81 bits per heavy atom. The molecule has 2 fully saturated rings. The van der Waals surface area contributed by atoms with Gasteiger partial charge in [-0.05, 0) is 45.6 Å². The van der Waals surface area contributed by atoms with Gasteiger partial charge in [-0.2, -0.15) is 0 Å². The van der Waals surface area contributed by atoms with Gasteiger partial charge < -0.3 is 0 Å². The number of fused-ring (bicyclic) bond motifs is 1. The Kier molecular flexibility index (Phi) is 3.03. The van der Waals surface area contributed by atoms with E-state index < -0.39 is 0 Å². The van der Waals surface area contributed by atoms with Gasteiger partial charge >= 0.3 is 0 Å². The first-order valence-corrected chi connectivity index (χ1v) is 6.99. The quantitative estimate of drug-likeness (QED) is 0.625. The van der Waals surface area contributed by atoms with E-state index in [4.69, 9.17) is 0 Å². The molecule has 3 aliphatic rings. The molecule has 3 unspecified atom stereocenters. The van der Waals surface area contributed by atoms with E-state index in [0.29, 0.717) is 0 Å². The second-order valence-corrected chi connectivity index (χ2v) is 5.78. The van der Waals surface area contributed by atoms with Crippen molar-refractivity contribution in [3.8, 4) is 0 Å². The predicted octanol–water partition coefficient (Wildman–Crippen LogP) is 2.26. The molecule has 0 bridgehead atoms. The molecule has 2 aliphatic heterocycles. The second kappa shape index (κ2) is 4.50. The minimum Gasteiger partial charge on any atom is -0.298 e. The summed E-state index contributed by atoms with van der Waals surface area (Å²) < 4.78 is 0. The van der Waals surface area contributed by atoms with Crippen LogP contribution in [0.4, 0.5) is 0 Å². The van der Waals surface area contributed by atoms with Gasteiger partial charge in [0.2, 0.25) is 0 Å². The third kappa shape index (κ3) is 1.93. The summed E-state index contributed by atoms with van der Waals surface area (Å²) in [6.07, 6.45) is 11.6. The molecule has 3 rings (SSSR count). The van der Waals surface area contributed by atoms with E-state index in [0.717, 1.165) is 18.1 Å². The van der Waals surface area contributed by atoms with Gasteiger partial charge in [0.25, 0.3) is 0 Å². The number of piperazine rings is 1. The van der Waals surface area contributed by atoms with E-state index in [2.05, 4.69) is 28.9 Å². The summed E-state index contributed by atoms with van der Waals surface area (Å²) >= 11 is 0. The van der Waals surface area contributed by atoms with Crippen LogP contribution >= 0.6 is 0 Å². The summed E-state index contributed by atoms with van der Waals surface area (Å²) in [7, 11) is 0. The van der Waals surface area contributed by atoms with Gasteiger partial charge in [-0.25, -0.2) is 0 Å². The summed E-state index contributed by atoms with van der Waals surface area (Å²) in [6, 6.07) is 2.48. The molecule has 0 aromatic rings. The minimum atomic E-state index is 0.769. The van der Waals surface area contributed by atoms with Crippen molar-refractivity contribution in [1.82, 2.24) is 9.80 Å². The summed E-state index contributed by atoms with van der Waals surface area (Å²) in [6.45, 7) is 6.42. The Labute approximate surface area is 99.3 Å². The molecular formula is C14H24N2. The molecular weight excluding hydrogens is 196 g/mol. The number of hydrogen-bond donors (Lipinski definition) is 0. The molecule has 1 aliphatic carbocycles. The average molecular weight is 220 g/mol. The van der Waals surface area contributed by atoms with Crippen LogP contribution in [0.3, 0.4) is 0 Å². The van der Waals surface area contributed by atoms with Crippen molar-refractivity contribution < 1.29 is 0 Å². The molecule has 3 atom stereocenters. The third-order valence-corrected chi connectivity index (χ3v) is 4.70. The van der Waals surface area contributed by atoms with E-state index in [1.807, 2.05) is 0 Å². The highest BCUT2D eigenvalue weighted by Crippen LogP contribution is 2.29. The molecule has 0 spiro atoms. The highest BCUT2D eigenvalue weighted by Gasteiger charge is 2.36. The number of rotatable bonds is 1. The zero-order chi connectivity index (χ0) is 11.0. The molecule has 0 N–H and O–H groups in total. The van der Waals surface area contributed by atoms with Gasteiger partial charge in [0, 0.05) is 31.2 Å². The molecule has 2 nitrogen and oxygen atoms in total. The van der Waals surface area contributed by atoms with Crippen molar-refractivity contribution >= 4 is 0 Å². The highest BCUT2D eigenvalue weighted by molar-refractivity contribution is 4.99. The first kappa shape index (κ1) is 10.8. The van der Waals surface area contributed by atoms with Crippen LogP contribution in [0, 0.1) is 0 Å². The molecule has 2 heterocycles. The zero-order valence-corrected chi connectivity index (χ0v) is 10.4. The maximum atomic E-state index is 2.80. The van der Waals surface area contributed by atoms with Crippen LogP contribution < -0.4 is 0 Å². The van der Waals surface area contributed by atoms with Gasteiger partial charge in [-0.1, -0.05) is 12.2 Å². The van der Waals surface area contributed by atoms with Gasteiger partial charge in [0.05, 0.1) is 0 Å². The van der Waals surface area contributed by atoms with E-state index in [9.17, 15) is 0 Å². The van der Waals surface area contributed by atoms with Crippen LogP contribution in [0.25, 0.3) is 0 Å². The van der Waals surface area contributed by atoms with Crippen molar-refractivity contribution in [2.75, 3.05) is 19.6 Å². The van der Waals surface area contributed by atoms with Crippen molar-refractivity contribution in [3.05, 3.63) is 12.2 Å². The molecule has 0 aromatic carbocycles. The van der Waals surface area contributed by atoms with Crippen LogP contribution in [-0.2, 0) is 0 Å². The lowest BCUT2D eigenvalue weighted by atomic mass is 9.96. The van der Waals surface area contributed by atoms with Gasteiger partial charge in [-0.15, -0.1) is 0 Å². The molecule has 0 saturated carbocycles. The monoisotopic (exact) mass is 220 g/mol. The van der Waals surface area contributed by atoms with E-state index >= 15 is 0 Å². The Morgan fingerprint density at radius 2 is 2.00 bits per heavy atom. The number of nitrogens with zero attached hydrogens (tertiary/aromatic N) is 2. The van der Waals surface area contributed by atoms with Crippen molar-refractivity contribution in [1.29, 1.82) is 0 Å². The van der Waals surface area contributed by atoms with Gasteiger partial charge in [-0.3, -0.25) is 9.80 Å². The van der Waals surface area contributed by atoms with Gasteiger partial charge in [0.15, 0.2) is 0 Å². The molecule has 0 amide bonds. The zero-order valence-electron chi connectivity index (χ0n) is 10.4. The van der Waals surface area contributed by atoms with Crippen LogP contribution in [0.2, 0.25) is 0 Å². The van der Waals surface area contributed by atoms with Crippen LogP contribution in [0.1, 0.15) is 39.0 Å². The summed E-state index contributed by atoms with van der Waals surface area (Å²) in [5, 5.41) is 0. The molecule has 2 heteroatoms. The van der Waals surface area contributed by atoms with Gasteiger partial charge in [0.1, 0.15) is 0 Å². The molecule has 16 heavy (non-hydrogen) atoms. The normalized spacial score (nSPS) is 41.2. The Morgan fingerprint density at radius 1 is 1.06 bits per heavy atom. The van der Waals surface area contributed by atoms with Crippen LogP contribution in [0.15, 0.2) is 12.2 Å². The highest BCUT2D eigenvalue weighted by atomic mass is 15.3. The summed E-state index contributed by atoms with van der Waals surface area (Å²) in [5.41, 5.74) is 0. The van der Waals surface area contributed by atoms with Crippen molar-refractivity contribution in [3.63, 3.8) is 0 Å².